The highest BCUT2D eigenvalue weighted by atomic mass is 79.9. The van der Waals surface area contributed by atoms with Gasteiger partial charge in [-0.05, 0) is 12.1 Å². The molecule has 1 aromatic rings. The van der Waals surface area contributed by atoms with Gasteiger partial charge in [0.15, 0.2) is 0 Å². The molecule has 0 aliphatic carbocycles. The van der Waals surface area contributed by atoms with Crippen molar-refractivity contribution in [3.63, 3.8) is 0 Å². The van der Waals surface area contributed by atoms with E-state index in [9.17, 15) is 0 Å². The summed E-state index contributed by atoms with van der Waals surface area (Å²) in [6.07, 6.45) is 1.76. The topological polar surface area (TPSA) is 33.6 Å². The second-order valence-corrected chi connectivity index (χ2v) is 4.53. The third-order valence-corrected chi connectivity index (χ3v) is 3.19. The van der Waals surface area contributed by atoms with Crippen LogP contribution in [0.1, 0.15) is 5.56 Å². The smallest absolute Gasteiger partial charge is 0.136 e. The first-order chi connectivity index (χ1) is 6.80. The molecule has 2 aliphatic heterocycles. The summed E-state index contributed by atoms with van der Waals surface area (Å²) in [6, 6.07) is 6.22. The first kappa shape index (κ1) is 8.44. The molecule has 0 radical (unpaired) electrons. The average Bonchev–Trinajstić information content (AvgIpc) is 2.13. The number of halogens is 1. The van der Waals surface area contributed by atoms with Crippen LogP contribution in [-0.4, -0.2) is 19.6 Å². The molecule has 4 heteroatoms. The Bertz CT molecular complexity index is 413. The minimum atomic E-state index is -0.110. The van der Waals surface area contributed by atoms with Crippen LogP contribution < -0.4 is 5.32 Å². The Morgan fingerprint density at radius 1 is 1.43 bits per heavy atom. The van der Waals surface area contributed by atoms with Gasteiger partial charge in [-0.15, -0.1) is 0 Å². The largest absolute Gasteiger partial charge is 0.375 e. The second kappa shape index (κ2) is 2.81. The van der Waals surface area contributed by atoms with Crippen LogP contribution in [0.2, 0.25) is 0 Å². The van der Waals surface area contributed by atoms with Crippen LogP contribution >= 0.6 is 15.9 Å². The molecule has 2 aliphatic rings. The van der Waals surface area contributed by atoms with Crippen molar-refractivity contribution in [2.24, 2.45) is 4.99 Å². The van der Waals surface area contributed by atoms with E-state index >= 15 is 0 Å². The SMILES string of the molecule is Brc1ccc2c(c1)NC=NC21COC1. The lowest BCUT2D eigenvalue weighted by atomic mass is 9.86. The average molecular weight is 253 g/mol. The number of anilines is 1. The fraction of sp³-hybridized carbons (Fsp3) is 0.300. The molecule has 14 heavy (non-hydrogen) atoms. The van der Waals surface area contributed by atoms with Crippen molar-refractivity contribution < 1.29 is 4.74 Å². The van der Waals surface area contributed by atoms with E-state index in [2.05, 4.69) is 38.4 Å². The molecule has 2 heterocycles. The number of hydrogen-bond acceptors (Lipinski definition) is 3. The van der Waals surface area contributed by atoms with Crippen LogP contribution in [0.5, 0.6) is 0 Å². The minimum absolute atomic E-state index is 0.110. The molecule has 0 amide bonds. The van der Waals surface area contributed by atoms with Crippen LogP contribution in [-0.2, 0) is 10.3 Å². The number of rotatable bonds is 0. The van der Waals surface area contributed by atoms with Gasteiger partial charge in [0.05, 0.1) is 19.6 Å². The van der Waals surface area contributed by atoms with Crippen molar-refractivity contribution in [2.75, 3.05) is 18.5 Å². The Hall–Kier alpha value is -0.870. The summed E-state index contributed by atoms with van der Waals surface area (Å²) in [5, 5.41) is 3.15. The molecule has 0 saturated carbocycles. The number of benzene rings is 1. The van der Waals surface area contributed by atoms with Crippen molar-refractivity contribution >= 4 is 28.0 Å². The highest BCUT2D eigenvalue weighted by Gasteiger charge is 2.42. The maximum atomic E-state index is 5.25. The van der Waals surface area contributed by atoms with Crippen molar-refractivity contribution in [2.45, 2.75) is 5.54 Å². The highest BCUT2D eigenvalue weighted by molar-refractivity contribution is 9.10. The predicted molar refractivity (Wildman–Crippen MR) is 58.8 cm³/mol. The van der Waals surface area contributed by atoms with Gasteiger partial charge in [-0.2, -0.15) is 0 Å². The summed E-state index contributed by atoms with van der Waals surface area (Å²) in [4.78, 5) is 4.46. The van der Waals surface area contributed by atoms with Crippen molar-refractivity contribution in [3.05, 3.63) is 28.2 Å². The number of nitrogens with zero attached hydrogens (tertiary/aromatic N) is 1. The van der Waals surface area contributed by atoms with E-state index in [1.165, 1.54) is 5.56 Å². The Morgan fingerprint density at radius 3 is 3.00 bits per heavy atom. The van der Waals surface area contributed by atoms with Crippen molar-refractivity contribution in [3.8, 4) is 0 Å². The van der Waals surface area contributed by atoms with E-state index in [1.54, 1.807) is 6.34 Å². The maximum absolute atomic E-state index is 5.25. The third kappa shape index (κ3) is 1.04. The molecule has 0 unspecified atom stereocenters. The highest BCUT2D eigenvalue weighted by Crippen LogP contribution is 2.40. The van der Waals surface area contributed by atoms with Gasteiger partial charge in [0.25, 0.3) is 0 Å². The zero-order valence-corrected chi connectivity index (χ0v) is 9.04. The first-order valence-corrected chi connectivity index (χ1v) is 5.27. The van der Waals surface area contributed by atoms with Gasteiger partial charge < -0.3 is 10.1 Å². The molecular formula is C10H9BrN2O. The van der Waals surface area contributed by atoms with E-state index in [0.717, 1.165) is 10.2 Å². The second-order valence-electron chi connectivity index (χ2n) is 3.62. The molecule has 1 aromatic carbocycles. The molecule has 1 fully saturated rings. The molecule has 3 rings (SSSR count). The predicted octanol–water partition coefficient (Wildman–Crippen LogP) is 2.13. The Kier molecular flexibility index (Phi) is 1.69. The van der Waals surface area contributed by atoms with E-state index in [4.69, 9.17) is 4.74 Å². The quantitative estimate of drug-likeness (QED) is 0.768. The summed E-state index contributed by atoms with van der Waals surface area (Å²) in [7, 11) is 0. The summed E-state index contributed by atoms with van der Waals surface area (Å²) >= 11 is 3.45. The molecule has 1 spiro atoms. The number of fused-ring (bicyclic) bond motifs is 2. The standard InChI is InChI=1S/C10H9BrN2O/c11-7-1-2-8-9(3-7)12-6-13-10(8)4-14-5-10/h1-3,6H,4-5H2,(H,12,13). The number of hydrogen-bond donors (Lipinski definition) is 1. The Morgan fingerprint density at radius 2 is 2.29 bits per heavy atom. The van der Waals surface area contributed by atoms with Crippen LogP contribution in [0.15, 0.2) is 27.7 Å². The van der Waals surface area contributed by atoms with E-state index in [1.807, 2.05) is 6.07 Å². The zero-order valence-electron chi connectivity index (χ0n) is 7.46. The lowest BCUT2D eigenvalue weighted by Crippen LogP contribution is -2.47. The lowest BCUT2D eigenvalue weighted by Gasteiger charge is -2.41. The van der Waals surface area contributed by atoms with Gasteiger partial charge in [-0.3, -0.25) is 4.99 Å². The fourth-order valence-electron chi connectivity index (χ4n) is 1.86. The fourth-order valence-corrected chi connectivity index (χ4v) is 2.22. The third-order valence-electron chi connectivity index (χ3n) is 2.70. The van der Waals surface area contributed by atoms with Crippen LogP contribution in [0.3, 0.4) is 0 Å². The summed E-state index contributed by atoms with van der Waals surface area (Å²) in [5.74, 6) is 0. The van der Waals surface area contributed by atoms with Crippen molar-refractivity contribution in [1.82, 2.24) is 0 Å². The van der Waals surface area contributed by atoms with Crippen LogP contribution in [0.25, 0.3) is 0 Å². The lowest BCUT2D eigenvalue weighted by molar-refractivity contribution is -0.0551. The summed E-state index contributed by atoms with van der Waals surface area (Å²) in [6.45, 7) is 1.39. The minimum Gasteiger partial charge on any atom is -0.375 e. The molecule has 72 valence electrons. The molecular weight excluding hydrogens is 244 g/mol. The molecule has 1 saturated heterocycles. The van der Waals surface area contributed by atoms with E-state index < -0.39 is 0 Å². The van der Waals surface area contributed by atoms with Gasteiger partial charge in [0.1, 0.15) is 5.54 Å². The van der Waals surface area contributed by atoms with Crippen LogP contribution in [0, 0.1) is 0 Å². The van der Waals surface area contributed by atoms with E-state index in [-0.39, 0.29) is 5.54 Å². The van der Waals surface area contributed by atoms with E-state index in [0.29, 0.717) is 13.2 Å². The van der Waals surface area contributed by atoms with Crippen LogP contribution in [0.4, 0.5) is 5.69 Å². The molecule has 0 atom stereocenters. The van der Waals surface area contributed by atoms with Gasteiger partial charge in [0.2, 0.25) is 0 Å². The molecule has 0 aromatic heterocycles. The molecule has 0 bridgehead atoms. The monoisotopic (exact) mass is 252 g/mol. The summed E-state index contributed by atoms with van der Waals surface area (Å²) in [5.41, 5.74) is 2.24. The molecule has 3 nitrogen and oxygen atoms in total. The number of aliphatic imine (C=N–C) groups is 1. The summed E-state index contributed by atoms with van der Waals surface area (Å²) < 4.78 is 6.33. The first-order valence-electron chi connectivity index (χ1n) is 4.48. The zero-order chi connectivity index (χ0) is 9.60. The Balaban J connectivity index is 2.15. The Labute approximate surface area is 90.3 Å². The van der Waals surface area contributed by atoms with Gasteiger partial charge >= 0.3 is 0 Å². The molecule has 1 N–H and O–H groups in total. The van der Waals surface area contributed by atoms with Gasteiger partial charge in [-0.1, -0.05) is 22.0 Å². The van der Waals surface area contributed by atoms with Crippen molar-refractivity contribution in [1.29, 1.82) is 0 Å². The van der Waals surface area contributed by atoms with Gasteiger partial charge in [0, 0.05) is 15.7 Å². The number of ether oxygens (including phenoxy) is 1. The number of nitrogens with one attached hydrogen (secondary N) is 1. The maximum Gasteiger partial charge on any atom is 0.136 e. The van der Waals surface area contributed by atoms with Gasteiger partial charge in [-0.25, -0.2) is 0 Å². The normalized spacial score (nSPS) is 21.2.